The number of benzene rings is 2. The Morgan fingerprint density at radius 1 is 1.11 bits per heavy atom. The van der Waals surface area contributed by atoms with Crippen LogP contribution in [0.4, 0.5) is 13.2 Å². The lowest BCUT2D eigenvalue weighted by Crippen LogP contribution is -2.18. The number of alkyl halides is 3. The molecule has 1 aliphatic heterocycles. The van der Waals surface area contributed by atoms with Crippen molar-refractivity contribution < 1.29 is 27.5 Å². The van der Waals surface area contributed by atoms with Gasteiger partial charge in [-0.05, 0) is 83.8 Å². The maximum absolute atomic E-state index is 14.0. The highest BCUT2D eigenvalue weighted by atomic mass is 32.2. The van der Waals surface area contributed by atoms with Crippen molar-refractivity contribution in [2.75, 3.05) is 7.11 Å². The summed E-state index contributed by atoms with van der Waals surface area (Å²) < 4.78 is 53.7. The Hall–Kier alpha value is -3.99. The average molecular weight is 653 g/mol. The third kappa shape index (κ3) is 6.21. The SMILES string of the molecule is CCCC(CCC)c1c2n(c3cc(C(=O)NSC(C)C)ccc13)CC(c1c(C=O)c(C(F)(F)F)nn1C)=Cc1cc(OC)ccc1-2. The van der Waals surface area contributed by atoms with Gasteiger partial charge >= 0.3 is 6.18 Å². The van der Waals surface area contributed by atoms with Crippen LogP contribution in [0.15, 0.2) is 36.4 Å². The summed E-state index contributed by atoms with van der Waals surface area (Å²) in [6.45, 7) is 8.46. The lowest BCUT2D eigenvalue weighted by Gasteiger charge is -2.19. The number of carbonyl (C=O) groups is 2. The topological polar surface area (TPSA) is 78.2 Å². The molecule has 0 bridgehead atoms. The van der Waals surface area contributed by atoms with Gasteiger partial charge in [0.2, 0.25) is 0 Å². The zero-order valence-corrected chi connectivity index (χ0v) is 27.7. The van der Waals surface area contributed by atoms with Gasteiger partial charge in [0.25, 0.3) is 5.91 Å². The third-order valence-electron chi connectivity index (χ3n) is 8.38. The first-order valence-electron chi connectivity index (χ1n) is 15.5. The Balaban J connectivity index is 1.86. The molecule has 11 heteroatoms. The molecule has 0 unspecified atom stereocenters. The third-order valence-corrected chi connectivity index (χ3v) is 9.16. The second-order valence-electron chi connectivity index (χ2n) is 11.9. The van der Waals surface area contributed by atoms with E-state index in [1.54, 1.807) is 7.11 Å². The minimum Gasteiger partial charge on any atom is -0.497 e. The van der Waals surface area contributed by atoms with Crippen LogP contribution < -0.4 is 9.46 Å². The predicted molar refractivity (Wildman–Crippen MR) is 178 cm³/mol. The van der Waals surface area contributed by atoms with Crippen LogP contribution in [0.1, 0.15) is 103 Å². The van der Waals surface area contributed by atoms with Gasteiger partial charge < -0.3 is 9.30 Å². The van der Waals surface area contributed by atoms with Crippen molar-refractivity contribution in [2.45, 2.75) is 77.3 Å². The highest BCUT2D eigenvalue weighted by molar-refractivity contribution is 7.98. The molecule has 7 nitrogen and oxygen atoms in total. The maximum atomic E-state index is 14.0. The van der Waals surface area contributed by atoms with E-state index < -0.39 is 17.4 Å². The van der Waals surface area contributed by atoms with E-state index in [4.69, 9.17) is 4.74 Å². The number of ether oxygens (including phenoxy) is 1. The van der Waals surface area contributed by atoms with Crippen LogP contribution in [0.5, 0.6) is 5.75 Å². The van der Waals surface area contributed by atoms with Crippen molar-refractivity contribution in [3.63, 3.8) is 0 Å². The number of allylic oxidation sites excluding steroid dienone is 1. The second-order valence-corrected chi connectivity index (χ2v) is 13.3. The number of fused-ring (bicyclic) bond motifs is 5. The fourth-order valence-electron chi connectivity index (χ4n) is 6.54. The van der Waals surface area contributed by atoms with Gasteiger partial charge in [0.05, 0.1) is 30.6 Å². The minimum atomic E-state index is -4.80. The summed E-state index contributed by atoms with van der Waals surface area (Å²) >= 11 is 1.33. The molecule has 244 valence electrons. The standard InChI is InChI=1S/C35H39F3N4O3S/c1-7-9-21(10-8-2)30-27-13-11-22(34(44)40-46-20(3)4)17-29(27)42-18-24(15-23-16-25(45-6)12-14-26(23)32(30)42)31-28(19-43)33(35(36,37)38)39-41(31)5/h11-17,19-21H,7-10,18H2,1-6H3,(H,40,44). The zero-order valence-electron chi connectivity index (χ0n) is 26.9. The Kier molecular flexibility index (Phi) is 9.72. The van der Waals surface area contributed by atoms with E-state index in [1.165, 1.54) is 19.0 Å². The summed E-state index contributed by atoms with van der Waals surface area (Å²) in [7, 11) is 2.98. The largest absolute Gasteiger partial charge is 0.497 e. The molecular weight excluding hydrogens is 613 g/mol. The summed E-state index contributed by atoms with van der Waals surface area (Å²) in [5.41, 5.74) is 3.87. The van der Waals surface area contributed by atoms with E-state index in [2.05, 4.69) is 28.2 Å². The van der Waals surface area contributed by atoms with Gasteiger partial charge in [-0.1, -0.05) is 46.6 Å². The molecule has 0 atom stereocenters. The molecule has 46 heavy (non-hydrogen) atoms. The van der Waals surface area contributed by atoms with Gasteiger partial charge in [-0.25, -0.2) is 0 Å². The average Bonchev–Trinajstić information content (AvgIpc) is 3.47. The molecular formula is C35H39F3N4O3S. The first-order valence-corrected chi connectivity index (χ1v) is 16.4. The van der Waals surface area contributed by atoms with Crippen LogP contribution in [0.25, 0.3) is 33.8 Å². The summed E-state index contributed by atoms with van der Waals surface area (Å²) in [5, 5.41) is 4.94. The molecule has 1 N–H and O–H groups in total. The van der Waals surface area contributed by atoms with Crippen LogP contribution in [-0.4, -0.2) is 38.9 Å². The van der Waals surface area contributed by atoms with Gasteiger partial charge in [-0.3, -0.25) is 19.0 Å². The Bertz CT molecular complexity index is 1810. The number of nitrogens with zero attached hydrogens (tertiary/aromatic N) is 3. The van der Waals surface area contributed by atoms with Gasteiger partial charge in [-0.2, -0.15) is 18.3 Å². The molecule has 4 aromatic rings. The lowest BCUT2D eigenvalue weighted by atomic mass is 9.86. The number of aromatic nitrogens is 3. The molecule has 5 rings (SSSR count). The van der Waals surface area contributed by atoms with Crippen molar-refractivity contribution in [3.8, 4) is 17.0 Å². The zero-order chi connectivity index (χ0) is 33.3. The summed E-state index contributed by atoms with van der Waals surface area (Å²) in [4.78, 5) is 25.5. The number of aryl methyl sites for hydroxylation is 1. The molecule has 0 saturated heterocycles. The molecule has 2 aromatic carbocycles. The van der Waals surface area contributed by atoms with Crippen LogP contribution in [0, 0.1) is 0 Å². The van der Waals surface area contributed by atoms with Crippen LogP contribution in [0.3, 0.4) is 0 Å². The van der Waals surface area contributed by atoms with Crippen molar-refractivity contribution in [1.82, 2.24) is 19.1 Å². The number of rotatable bonds is 11. The highest BCUT2D eigenvalue weighted by Gasteiger charge is 2.40. The molecule has 0 aliphatic carbocycles. The number of amides is 1. The van der Waals surface area contributed by atoms with Gasteiger partial charge in [-0.15, -0.1) is 0 Å². The number of methoxy groups -OCH3 is 1. The fourth-order valence-corrected chi connectivity index (χ4v) is 7.00. The van der Waals surface area contributed by atoms with Gasteiger partial charge in [0, 0.05) is 34.3 Å². The first kappa shape index (κ1) is 33.4. The fraction of sp³-hybridized carbons (Fsp3) is 0.400. The number of carbonyl (C=O) groups excluding carboxylic acids is 2. The maximum Gasteiger partial charge on any atom is 0.435 e. The van der Waals surface area contributed by atoms with E-state index in [1.807, 2.05) is 56.3 Å². The summed E-state index contributed by atoms with van der Waals surface area (Å²) in [6, 6.07) is 11.4. The van der Waals surface area contributed by atoms with E-state index >= 15 is 0 Å². The number of halogens is 3. The molecule has 1 aliphatic rings. The van der Waals surface area contributed by atoms with E-state index in [9.17, 15) is 22.8 Å². The van der Waals surface area contributed by atoms with E-state index in [0.29, 0.717) is 16.9 Å². The van der Waals surface area contributed by atoms with Gasteiger partial charge in [0.1, 0.15) is 5.75 Å². The van der Waals surface area contributed by atoms with Crippen LogP contribution in [0.2, 0.25) is 0 Å². The molecule has 0 saturated carbocycles. The van der Waals surface area contributed by atoms with Crippen molar-refractivity contribution in [1.29, 1.82) is 0 Å². The van der Waals surface area contributed by atoms with Crippen LogP contribution in [-0.2, 0) is 19.8 Å². The predicted octanol–water partition coefficient (Wildman–Crippen LogP) is 8.91. The first-order chi connectivity index (χ1) is 21.9. The highest BCUT2D eigenvalue weighted by Crippen LogP contribution is 2.47. The molecule has 3 heterocycles. The quantitative estimate of drug-likeness (QED) is 0.129. The summed E-state index contributed by atoms with van der Waals surface area (Å²) in [5.74, 6) is 0.577. The normalized spacial score (nSPS) is 13.1. The minimum absolute atomic E-state index is 0.0910. The van der Waals surface area contributed by atoms with Crippen molar-refractivity contribution in [2.24, 2.45) is 7.05 Å². The Morgan fingerprint density at radius 3 is 2.43 bits per heavy atom. The number of aldehydes is 1. The molecule has 1 amide bonds. The van der Waals surface area contributed by atoms with Crippen LogP contribution >= 0.6 is 11.9 Å². The van der Waals surface area contributed by atoms with E-state index in [-0.39, 0.29) is 35.6 Å². The molecule has 2 aromatic heterocycles. The monoisotopic (exact) mass is 652 g/mol. The van der Waals surface area contributed by atoms with E-state index in [0.717, 1.165) is 63.7 Å². The second kappa shape index (κ2) is 13.4. The number of hydrogen-bond donors (Lipinski definition) is 1. The summed E-state index contributed by atoms with van der Waals surface area (Å²) in [6.07, 6.45) is 1.10. The van der Waals surface area contributed by atoms with Gasteiger partial charge in [0.15, 0.2) is 12.0 Å². The number of hydrogen-bond acceptors (Lipinski definition) is 5. The van der Waals surface area contributed by atoms with Crippen molar-refractivity contribution >= 4 is 46.7 Å². The molecule has 0 fully saturated rings. The Morgan fingerprint density at radius 2 is 1.83 bits per heavy atom. The number of nitrogens with one attached hydrogen (secondary N) is 1. The lowest BCUT2D eigenvalue weighted by molar-refractivity contribution is -0.141. The van der Waals surface area contributed by atoms with Crippen molar-refractivity contribution in [3.05, 3.63) is 70.0 Å². The molecule has 0 spiro atoms. The smallest absolute Gasteiger partial charge is 0.435 e. The molecule has 0 radical (unpaired) electrons. The Labute approximate surface area is 271 Å².